The fraction of sp³-hybridized carbons (Fsp3) is 0.800. The number of fused-ring (bicyclic) bond motifs is 1. The molecule has 1 aliphatic carbocycles. The molecule has 0 amide bonds. The maximum Gasteiger partial charge on any atom is 0.172 e. The van der Waals surface area contributed by atoms with Gasteiger partial charge in [0.25, 0.3) is 0 Å². The van der Waals surface area contributed by atoms with E-state index in [2.05, 4.69) is 6.58 Å². The zero-order valence-electron chi connectivity index (χ0n) is 15.4. The summed E-state index contributed by atoms with van der Waals surface area (Å²) >= 11 is 0. The number of ether oxygens (including phenoxy) is 1. The summed E-state index contributed by atoms with van der Waals surface area (Å²) in [5.74, 6) is -0.844. The van der Waals surface area contributed by atoms with E-state index in [0.29, 0.717) is 44.9 Å². The van der Waals surface area contributed by atoms with Crippen molar-refractivity contribution in [3.63, 3.8) is 0 Å². The zero-order chi connectivity index (χ0) is 18.0. The first-order valence-electron chi connectivity index (χ1n) is 9.17. The molecule has 0 unspecified atom stereocenters. The maximum absolute atomic E-state index is 12.7. The van der Waals surface area contributed by atoms with E-state index < -0.39 is 22.2 Å². The molecular weight excluding hydrogens is 304 g/mol. The lowest BCUT2D eigenvalue weighted by Crippen LogP contribution is -2.59. The molecule has 3 fully saturated rings. The van der Waals surface area contributed by atoms with E-state index in [1.807, 2.05) is 27.7 Å². The van der Waals surface area contributed by atoms with Gasteiger partial charge in [0.05, 0.1) is 5.41 Å². The second-order valence-corrected chi connectivity index (χ2v) is 8.93. The van der Waals surface area contributed by atoms with E-state index in [-0.39, 0.29) is 17.5 Å². The van der Waals surface area contributed by atoms with Crippen LogP contribution in [0.1, 0.15) is 72.6 Å². The monoisotopic (exact) mass is 334 g/mol. The molecule has 2 heterocycles. The fourth-order valence-electron chi connectivity index (χ4n) is 5.08. The number of carbonyl (C=O) groups is 2. The summed E-state index contributed by atoms with van der Waals surface area (Å²) in [6.07, 6.45) is 3.80. The number of carbonyl (C=O) groups excluding carboxylic acids is 2. The van der Waals surface area contributed by atoms with Crippen molar-refractivity contribution >= 4 is 11.6 Å². The first-order valence-corrected chi connectivity index (χ1v) is 9.17. The average molecular weight is 334 g/mol. The Morgan fingerprint density at radius 1 is 1.29 bits per heavy atom. The Hall–Kier alpha value is -1.00. The summed E-state index contributed by atoms with van der Waals surface area (Å²) in [4.78, 5) is 24.8. The van der Waals surface area contributed by atoms with Gasteiger partial charge in [0.2, 0.25) is 0 Å². The van der Waals surface area contributed by atoms with Gasteiger partial charge >= 0.3 is 0 Å². The summed E-state index contributed by atoms with van der Waals surface area (Å²) in [6, 6.07) is 0. The third-order valence-electron chi connectivity index (χ3n) is 7.19. The molecule has 0 aromatic heterocycles. The molecule has 1 spiro atoms. The van der Waals surface area contributed by atoms with Crippen LogP contribution in [-0.4, -0.2) is 28.1 Å². The number of hydrogen-bond acceptors (Lipinski definition) is 4. The number of aliphatic hydroxyl groups is 1. The minimum absolute atomic E-state index is 0.000378. The van der Waals surface area contributed by atoms with Gasteiger partial charge in [0, 0.05) is 30.6 Å². The van der Waals surface area contributed by atoms with Gasteiger partial charge in [-0.05, 0) is 38.2 Å². The molecule has 1 N–H and O–H groups in total. The Balaban J connectivity index is 1.95. The Bertz CT molecular complexity index is 609. The van der Waals surface area contributed by atoms with Crippen molar-refractivity contribution in [2.24, 2.45) is 16.7 Å². The first kappa shape index (κ1) is 17.8. The van der Waals surface area contributed by atoms with E-state index >= 15 is 0 Å². The lowest BCUT2D eigenvalue weighted by molar-refractivity contribution is -0.297. The number of ketones is 2. The second-order valence-electron chi connectivity index (χ2n) is 8.93. The fourth-order valence-corrected chi connectivity index (χ4v) is 5.08. The molecule has 24 heavy (non-hydrogen) atoms. The van der Waals surface area contributed by atoms with Crippen molar-refractivity contribution in [3.05, 3.63) is 12.2 Å². The van der Waals surface area contributed by atoms with Crippen LogP contribution in [0.2, 0.25) is 0 Å². The van der Waals surface area contributed by atoms with Crippen LogP contribution in [0.5, 0.6) is 0 Å². The number of Topliss-reactive ketones (excluding diaryl/α,β-unsaturated/α-hetero) is 2. The molecule has 4 atom stereocenters. The summed E-state index contributed by atoms with van der Waals surface area (Å²) in [7, 11) is 0. The van der Waals surface area contributed by atoms with Crippen molar-refractivity contribution in [1.82, 2.24) is 0 Å². The number of hydrogen-bond donors (Lipinski definition) is 1. The molecule has 2 saturated heterocycles. The second kappa shape index (κ2) is 5.25. The molecule has 1 saturated carbocycles. The van der Waals surface area contributed by atoms with Crippen LogP contribution in [0, 0.1) is 16.7 Å². The summed E-state index contributed by atoms with van der Waals surface area (Å²) in [5, 5.41) is 11.3. The highest BCUT2D eigenvalue weighted by Crippen LogP contribution is 2.68. The Labute approximate surface area is 144 Å². The topological polar surface area (TPSA) is 63.6 Å². The lowest BCUT2D eigenvalue weighted by Gasteiger charge is -2.53. The van der Waals surface area contributed by atoms with Gasteiger partial charge in [0.1, 0.15) is 17.2 Å². The molecule has 134 valence electrons. The lowest BCUT2D eigenvalue weighted by atomic mass is 9.57. The first-order chi connectivity index (χ1) is 11.0. The average Bonchev–Trinajstić information content (AvgIpc) is 2.72. The van der Waals surface area contributed by atoms with Crippen molar-refractivity contribution < 1.29 is 19.4 Å². The minimum Gasteiger partial charge on any atom is -0.365 e. The van der Waals surface area contributed by atoms with E-state index in [1.165, 1.54) is 0 Å². The minimum atomic E-state index is -1.27. The van der Waals surface area contributed by atoms with Crippen LogP contribution in [0.4, 0.5) is 0 Å². The largest absolute Gasteiger partial charge is 0.365 e. The third kappa shape index (κ3) is 2.12. The predicted octanol–water partition coefficient (Wildman–Crippen LogP) is 3.56. The molecule has 0 aromatic carbocycles. The molecule has 4 heteroatoms. The van der Waals surface area contributed by atoms with Gasteiger partial charge in [-0.2, -0.15) is 0 Å². The number of rotatable bonds is 4. The highest BCUT2D eigenvalue weighted by atomic mass is 16.7. The standard InChI is InChI=1S/C20H30O4/c1-13(2)15(21)8-9-17(4)12-19-14(3)6-7-16(22)18(19,5)10-11-20(17,23)24-19/h13,23H,3,6-12H2,1-2,4-5H3/t17-,18-,19+,20-/m1/s1. The highest BCUT2D eigenvalue weighted by Gasteiger charge is 2.73. The highest BCUT2D eigenvalue weighted by molar-refractivity contribution is 5.88. The van der Waals surface area contributed by atoms with E-state index in [1.54, 1.807) is 0 Å². The molecule has 3 rings (SSSR count). The molecule has 2 aliphatic heterocycles. The van der Waals surface area contributed by atoms with Gasteiger partial charge in [-0.3, -0.25) is 9.59 Å². The molecule has 0 radical (unpaired) electrons. The predicted molar refractivity (Wildman–Crippen MR) is 91.3 cm³/mol. The Morgan fingerprint density at radius 3 is 2.58 bits per heavy atom. The normalized spacial score (nSPS) is 44.8. The van der Waals surface area contributed by atoms with Crippen LogP contribution in [-0.2, 0) is 14.3 Å². The van der Waals surface area contributed by atoms with E-state index in [4.69, 9.17) is 4.74 Å². The molecule has 2 bridgehead atoms. The maximum atomic E-state index is 12.7. The quantitative estimate of drug-likeness (QED) is 0.798. The van der Waals surface area contributed by atoms with Crippen LogP contribution in [0.3, 0.4) is 0 Å². The zero-order valence-corrected chi connectivity index (χ0v) is 15.4. The summed E-state index contributed by atoms with van der Waals surface area (Å²) in [6.45, 7) is 12.0. The molecular formula is C20H30O4. The van der Waals surface area contributed by atoms with E-state index in [0.717, 1.165) is 5.57 Å². The van der Waals surface area contributed by atoms with E-state index in [9.17, 15) is 14.7 Å². The van der Waals surface area contributed by atoms with Crippen molar-refractivity contribution in [3.8, 4) is 0 Å². The van der Waals surface area contributed by atoms with Crippen LogP contribution in [0.25, 0.3) is 0 Å². The summed E-state index contributed by atoms with van der Waals surface area (Å²) < 4.78 is 6.29. The summed E-state index contributed by atoms with van der Waals surface area (Å²) in [5.41, 5.74) is -0.975. The smallest absolute Gasteiger partial charge is 0.172 e. The Morgan fingerprint density at radius 2 is 1.96 bits per heavy atom. The molecule has 0 aromatic rings. The van der Waals surface area contributed by atoms with Gasteiger partial charge in [-0.15, -0.1) is 0 Å². The van der Waals surface area contributed by atoms with Crippen molar-refractivity contribution in [2.45, 2.75) is 84.0 Å². The van der Waals surface area contributed by atoms with Crippen LogP contribution >= 0.6 is 0 Å². The SMILES string of the molecule is C=C1CCC(=O)[C@@]2(C)CC[C@@]3(O)O[C@@]12C[C@@]3(C)CCC(=O)C(C)C. The molecule has 3 aliphatic rings. The Kier molecular flexibility index (Phi) is 3.89. The van der Waals surface area contributed by atoms with Crippen LogP contribution < -0.4 is 0 Å². The third-order valence-corrected chi connectivity index (χ3v) is 7.19. The molecule has 4 nitrogen and oxygen atoms in total. The van der Waals surface area contributed by atoms with Crippen molar-refractivity contribution in [1.29, 1.82) is 0 Å². The van der Waals surface area contributed by atoms with Crippen LogP contribution in [0.15, 0.2) is 12.2 Å². The van der Waals surface area contributed by atoms with Crippen molar-refractivity contribution in [2.75, 3.05) is 0 Å². The van der Waals surface area contributed by atoms with Gasteiger partial charge in [-0.25, -0.2) is 0 Å². The van der Waals surface area contributed by atoms with Gasteiger partial charge < -0.3 is 9.84 Å². The van der Waals surface area contributed by atoms with Gasteiger partial charge in [0.15, 0.2) is 5.79 Å². The van der Waals surface area contributed by atoms with Gasteiger partial charge in [-0.1, -0.05) is 27.4 Å².